The van der Waals surface area contributed by atoms with Crippen LogP contribution < -0.4 is 5.56 Å². The van der Waals surface area contributed by atoms with Crippen LogP contribution in [0.3, 0.4) is 0 Å². The molecule has 1 aliphatic rings. The summed E-state index contributed by atoms with van der Waals surface area (Å²) in [4.78, 5) is 38.5. The van der Waals surface area contributed by atoms with Crippen molar-refractivity contribution in [1.29, 1.82) is 0 Å². The molecule has 1 unspecified atom stereocenters. The van der Waals surface area contributed by atoms with E-state index in [9.17, 15) is 9.59 Å². The number of hydrogen-bond donors (Lipinski definition) is 1. The van der Waals surface area contributed by atoms with Crippen LogP contribution in [-0.2, 0) is 11.3 Å². The van der Waals surface area contributed by atoms with E-state index in [-0.39, 0.29) is 17.5 Å². The molecule has 140 valence electrons. The summed E-state index contributed by atoms with van der Waals surface area (Å²) in [5, 5.41) is 0.580. The molecule has 0 spiro atoms. The van der Waals surface area contributed by atoms with E-state index in [1.165, 1.54) is 0 Å². The van der Waals surface area contributed by atoms with E-state index in [0.29, 0.717) is 23.3 Å². The second kappa shape index (κ2) is 7.97. The molecule has 7 nitrogen and oxygen atoms in total. The Labute approximate surface area is 153 Å². The number of hydrogen-bond acceptors (Lipinski definition) is 5. The van der Waals surface area contributed by atoms with E-state index in [1.807, 2.05) is 42.0 Å². The van der Waals surface area contributed by atoms with E-state index in [1.54, 1.807) is 6.07 Å². The number of H-pyrrole nitrogens is 1. The summed E-state index contributed by atoms with van der Waals surface area (Å²) in [6.45, 7) is 8.90. The Hall–Kier alpha value is -2.25. The first-order valence-electron chi connectivity index (χ1n) is 9.19. The van der Waals surface area contributed by atoms with Crippen LogP contribution in [0.4, 0.5) is 0 Å². The molecule has 1 aromatic carbocycles. The molecule has 1 saturated heterocycles. The Kier molecular flexibility index (Phi) is 5.68. The van der Waals surface area contributed by atoms with Gasteiger partial charge in [-0.05, 0) is 32.6 Å². The van der Waals surface area contributed by atoms with Crippen LogP contribution in [0, 0.1) is 0 Å². The van der Waals surface area contributed by atoms with E-state index in [2.05, 4.69) is 21.8 Å². The SMILES string of the molecule is CCN1CCN(C(=O)C(C)N(C)Cc2nc3ccccc3c(=O)[nH]2)CC1. The van der Waals surface area contributed by atoms with Crippen molar-refractivity contribution in [2.24, 2.45) is 0 Å². The molecule has 2 heterocycles. The zero-order chi connectivity index (χ0) is 18.7. The van der Waals surface area contributed by atoms with Gasteiger partial charge in [0.15, 0.2) is 0 Å². The first-order chi connectivity index (χ1) is 12.5. The van der Waals surface area contributed by atoms with Gasteiger partial charge in [0, 0.05) is 26.2 Å². The molecular formula is C19H27N5O2. The van der Waals surface area contributed by atoms with Crippen molar-refractivity contribution in [3.63, 3.8) is 0 Å². The molecule has 2 aromatic rings. The van der Waals surface area contributed by atoms with Crippen molar-refractivity contribution in [2.45, 2.75) is 26.4 Å². The molecular weight excluding hydrogens is 330 g/mol. The normalized spacial score (nSPS) is 17.0. The topological polar surface area (TPSA) is 72.5 Å². The van der Waals surface area contributed by atoms with Crippen molar-refractivity contribution in [1.82, 2.24) is 24.7 Å². The van der Waals surface area contributed by atoms with Crippen molar-refractivity contribution in [3.8, 4) is 0 Å². The number of aromatic amines is 1. The lowest BCUT2D eigenvalue weighted by molar-refractivity contribution is -0.137. The number of nitrogens with zero attached hydrogens (tertiary/aromatic N) is 4. The molecule has 26 heavy (non-hydrogen) atoms. The van der Waals surface area contributed by atoms with Gasteiger partial charge in [-0.25, -0.2) is 4.98 Å². The fourth-order valence-electron chi connectivity index (χ4n) is 3.32. The summed E-state index contributed by atoms with van der Waals surface area (Å²) in [6.07, 6.45) is 0. The lowest BCUT2D eigenvalue weighted by atomic mass is 10.2. The van der Waals surface area contributed by atoms with Gasteiger partial charge in [-0.15, -0.1) is 0 Å². The lowest BCUT2D eigenvalue weighted by Gasteiger charge is -2.36. The Morgan fingerprint density at radius 1 is 1.27 bits per heavy atom. The van der Waals surface area contributed by atoms with Crippen LogP contribution in [0.25, 0.3) is 10.9 Å². The molecule has 1 fully saturated rings. The highest BCUT2D eigenvalue weighted by Gasteiger charge is 2.27. The van der Waals surface area contributed by atoms with Crippen molar-refractivity contribution in [3.05, 3.63) is 40.4 Å². The monoisotopic (exact) mass is 357 g/mol. The summed E-state index contributed by atoms with van der Waals surface area (Å²) in [6, 6.07) is 7.01. The number of aromatic nitrogens is 2. The first-order valence-corrected chi connectivity index (χ1v) is 9.19. The summed E-state index contributed by atoms with van der Waals surface area (Å²) >= 11 is 0. The van der Waals surface area contributed by atoms with Gasteiger partial charge in [0.05, 0.1) is 23.5 Å². The van der Waals surface area contributed by atoms with Gasteiger partial charge < -0.3 is 14.8 Å². The predicted molar refractivity (Wildman–Crippen MR) is 102 cm³/mol. The Morgan fingerprint density at radius 3 is 2.65 bits per heavy atom. The van der Waals surface area contributed by atoms with Crippen LogP contribution in [0.5, 0.6) is 0 Å². The van der Waals surface area contributed by atoms with Crippen LogP contribution in [0.1, 0.15) is 19.7 Å². The minimum absolute atomic E-state index is 0.131. The highest BCUT2D eigenvalue weighted by Crippen LogP contribution is 2.10. The van der Waals surface area contributed by atoms with Gasteiger partial charge in [0.2, 0.25) is 5.91 Å². The van der Waals surface area contributed by atoms with Crippen LogP contribution in [0.2, 0.25) is 0 Å². The third-order valence-corrected chi connectivity index (χ3v) is 5.21. The molecule has 1 aliphatic heterocycles. The zero-order valence-corrected chi connectivity index (χ0v) is 15.7. The highest BCUT2D eigenvalue weighted by atomic mass is 16.2. The molecule has 7 heteroatoms. The average Bonchev–Trinajstić information content (AvgIpc) is 2.67. The van der Waals surface area contributed by atoms with Gasteiger partial charge in [-0.3, -0.25) is 14.5 Å². The zero-order valence-electron chi connectivity index (χ0n) is 15.7. The van der Waals surface area contributed by atoms with Crippen LogP contribution in [0.15, 0.2) is 29.1 Å². The maximum atomic E-state index is 12.8. The Balaban J connectivity index is 1.66. The molecule has 1 N–H and O–H groups in total. The third-order valence-electron chi connectivity index (χ3n) is 5.21. The Bertz CT molecular complexity index is 826. The van der Waals surface area contributed by atoms with Crippen molar-refractivity contribution in [2.75, 3.05) is 39.8 Å². The molecule has 1 aromatic heterocycles. The number of likely N-dealkylation sites (N-methyl/N-ethyl adjacent to an activating group) is 2. The number of nitrogens with one attached hydrogen (secondary N) is 1. The minimum Gasteiger partial charge on any atom is -0.339 e. The largest absolute Gasteiger partial charge is 0.339 e. The van der Waals surface area contributed by atoms with Gasteiger partial charge in [-0.1, -0.05) is 19.1 Å². The summed E-state index contributed by atoms with van der Waals surface area (Å²) in [5.41, 5.74) is 0.531. The Morgan fingerprint density at radius 2 is 1.96 bits per heavy atom. The third kappa shape index (κ3) is 3.94. The number of benzene rings is 1. The number of piperazine rings is 1. The van der Waals surface area contributed by atoms with Gasteiger partial charge in [-0.2, -0.15) is 0 Å². The molecule has 3 rings (SSSR count). The molecule has 0 saturated carbocycles. The van der Waals surface area contributed by atoms with E-state index < -0.39 is 0 Å². The van der Waals surface area contributed by atoms with Gasteiger partial charge in [0.25, 0.3) is 5.56 Å². The summed E-state index contributed by atoms with van der Waals surface area (Å²) in [7, 11) is 1.89. The van der Waals surface area contributed by atoms with E-state index in [4.69, 9.17) is 0 Å². The van der Waals surface area contributed by atoms with Gasteiger partial charge >= 0.3 is 0 Å². The number of carbonyl (C=O) groups is 1. The number of rotatable bonds is 5. The molecule has 1 amide bonds. The maximum Gasteiger partial charge on any atom is 0.258 e. The minimum atomic E-state index is -0.264. The van der Waals surface area contributed by atoms with E-state index in [0.717, 1.165) is 32.7 Å². The number of carbonyl (C=O) groups excluding carboxylic acids is 1. The summed E-state index contributed by atoms with van der Waals surface area (Å²) in [5.74, 6) is 0.707. The maximum absolute atomic E-state index is 12.8. The van der Waals surface area contributed by atoms with Crippen LogP contribution in [-0.4, -0.2) is 76.4 Å². The predicted octanol–water partition coefficient (Wildman–Crippen LogP) is 0.908. The molecule has 0 bridgehead atoms. The van der Waals surface area contributed by atoms with Crippen LogP contribution >= 0.6 is 0 Å². The molecule has 0 radical (unpaired) electrons. The fourth-order valence-corrected chi connectivity index (χ4v) is 3.32. The number of amides is 1. The van der Waals surface area contributed by atoms with Gasteiger partial charge in [0.1, 0.15) is 5.82 Å². The number of fused-ring (bicyclic) bond motifs is 1. The average molecular weight is 357 g/mol. The smallest absolute Gasteiger partial charge is 0.258 e. The second-order valence-corrected chi connectivity index (χ2v) is 6.88. The van der Waals surface area contributed by atoms with E-state index >= 15 is 0 Å². The van der Waals surface area contributed by atoms with Crippen molar-refractivity contribution < 1.29 is 4.79 Å². The fraction of sp³-hybridized carbons (Fsp3) is 0.526. The summed E-state index contributed by atoms with van der Waals surface area (Å²) < 4.78 is 0. The number of para-hydroxylation sites is 1. The standard InChI is InChI=1S/C19H27N5O2/c1-4-23-9-11-24(12-10-23)19(26)14(2)22(3)13-17-20-16-8-6-5-7-15(16)18(25)21-17/h5-8,14H,4,9-13H2,1-3H3,(H,20,21,25). The second-order valence-electron chi connectivity index (χ2n) is 6.88. The molecule has 0 aliphatic carbocycles. The molecule has 1 atom stereocenters. The quantitative estimate of drug-likeness (QED) is 0.861. The van der Waals surface area contributed by atoms with Crippen molar-refractivity contribution >= 4 is 16.8 Å². The first kappa shape index (κ1) is 18.5. The highest BCUT2D eigenvalue weighted by molar-refractivity contribution is 5.81. The lowest BCUT2D eigenvalue weighted by Crippen LogP contribution is -2.53.